The van der Waals surface area contributed by atoms with Gasteiger partial charge in [0.05, 0.1) is 6.10 Å². The number of nitrogens with zero attached hydrogens (tertiary/aromatic N) is 2. The molecule has 0 saturated carbocycles. The van der Waals surface area contributed by atoms with E-state index in [2.05, 4.69) is 28.4 Å². The molecule has 8 nitrogen and oxygen atoms in total. The van der Waals surface area contributed by atoms with Gasteiger partial charge in [-0.25, -0.2) is 0 Å². The van der Waals surface area contributed by atoms with Gasteiger partial charge in [-0.1, -0.05) is 18.2 Å². The number of hydrogen-bond acceptors (Lipinski definition) is 7. The van der Waals surface area contributed by atoms with Gasteiger partial charge in [0.1, 0.15) is 35.4 Å². The summed E-state index contributed by atoms with van der Waals surface area (Å²) >= 11 is 0. The number of fused-ring (bicyclic) bond motifs is 1. The van der Waals surface area contributed by atoms with Gasteiger partial charge in [0.2, 0.25) is 0 Å². The summed E-state index contributed by atoms with van der Waals surface area (Å²) in [6.45, 7) is 0.270. The fourth-order valence-corrected chi connectivity index (χ4v) is 3.87. The number of amides is 1. The molecule has 1 amide bonds. The minimum atomic E-state index is -1.09. The number of aliphatic hydroxyl groups excluding tert-OH is 2. The third-order valence-electron chi connectivity index (χ3n) is 5.89. The van der Waals surface area contributed by atoms with Crippen LogP contribution in [0.25, 0.3) is 28.2 Å². The molecule has 1 fully saturated rings. The molecule has 4 rings (SSSR count). The number of benzene rings is 2. The van der Waals surface area contributed by atoms with Gasteiger partial charge in [-0.3, -0.25) is 4.79 Å². The second-order valence-corrected chi connectivity index (χ2v) is 8.48. The first kappa shape index (κ1) is 23.5. The number of carbonyl (C=O) groups is 1. The highest BCUT2D eigenvalue weighted by molar-refractivity contribution is 6.01. The highest BCUT2D eigenvalue weighted by atomic mass is 16.5. The molecule has 3 N–H and O–H groups in total. The monoisotopic (exact) mass is 461 g/mol. The fourth-order valence-electron chi connectivity index (χ4n) is 3.87. The van der Waals surface area contributed by atoms with Crippen LogP contribution in [0.3, 0.4) is 0 Å². The highest BCUT2D eigenvalue weighted by Crippen LogP contribution is 2.29. The topological polar surface area (TPSA) is 119 Å². The van der Waals surface area contributed by atoms with Gasteiger partial charge in [-0.15, -0.1) is 0 Å². The lowest BCUT2D eigenvalue weighted by Crippen LogP contribution is -2.50. The van der Waals surface area contributed by atoms with Crippen molar-refractivity contribution in [2.45, 2.75) is 24.7 Å². The van der Waals surface area contributed by atoms with Crippen molar-refractivity contribution >= 4 is 28.4 Å². The van der Waals surface area contributed by atoms with Crippen LogP contribution in [0.5, 0.6) is 0 Å². The van der Waals surface area contributed by atoms with Crippen molar-refractivity contribution < 1.29 is 24.2 Å². The third-order valence-corrected chi connectivity index (χ3v) is 5.89. The SMILES string of the molecule is CN(C)c1ccc2cc(-c3ccc(/C=C(\C#N)C(=O)NC[C@H]4OCC[C@@H](O)[C@@H]4O)o3)ccc2c1. The molecule has 8 heteroatoms. The van der Waals surface area contributed by atoms with Gasteiger partial charge < -0.3 is 29.6 Å². The summed E-state index contributed by atoms with van der Waals surface area (Å²) < 4.78 is 11.3. The molecular formula is C26H27N3O5. The van der Waals surface area contributed by atoms with Crippen LogP contribution < -0.4 is 10.2 Å². The van der Waals surface area contributed by atoms with Crippen LogP contribution >= 0.6 is 0 Å². The molecule has 2 aromatic carbocycles. The van der Waals surface area contributed by atoms with Crippen LogP contribution in [0.15, 0.2) is 58.5 Å². The lowest BCUT2D eigenvalue weighted by molar-refractivity contribution is -0.136. The lowest BCUT2D eigenvalue weighted by Gasteiger charge is -2.31. The van der Waals surface area contributed by atoms with Gasteiger partial charge in [-0.05, 0) is 47.5 Å². The van der Waals surface area contributed by atoms with Crippen LogP contribution in [-0.2, 0) is 9.53 Å². The van der Waals surface area contributed by atoms with Crippen molar-refractivity contribution in [2.75, 3.05) is 32.1 Å². The number of hydrogen-bond donors (Lipinski definition) is 3. The summed E-state index contributed by atoms with van der Waals surface area (Å²) in [6, 6.07) is 17.6. The number of anilines is 1. The highest BCUT2D eigenvalue weighted by Gasteiger charge is 2.31. The second kappa shape index (κ2) is 10.1. The first-order chi connectivity index (χ1) is 16.4. The summed E-state index contributed by atoms with van der Waals surface area (Å²) in [5.41, 5.74) is 1.87. The Labute approximate surface area is 197 Å². The number of furan rings is 1. The predicted molar refractivity (Wildman–Crippen MR) is 129 cm³/mol. The lowest BCUT2D eigenvalue weighted by atomic mass is 10.0. The molecule has 34 heavy (non-hydrogen) atoms. The van der Waals surface area contributed by atoms with E-state index in [1.54, 1.807) is 12.1 Å². The Morgan fingerprint density at radius 1 is 1.18 bits per heavy atom. The number of carbonyl (C=O) groups excluding carboxylic acids is 1. The van der Waals surface area contributed by atoms with Crippen LogP contribution in [-0.4, -0.2) is 61.7 Å². The first-order valence-electron chi connectivity index (χ1n) is 11.0. The Balaban J connectivity index is 1.47. The molecule has 1 aliphatic rings. The average Bonchev–Trinajstić information content (AvgIpc) is 3.31. The Morgan fingerprint density at radius 2 is 1.94 bits per heavy atom. The second-order valence-electron chi connectivity index (χ2n) is 8.48. The molecule has 0 radical (unpaired) electrons. The van der Waals surface area contributed by atoms with E-state index in [4.69, 9.17) is 9.15 Å². The van der Waals surface area contributed by atoms with Crippen LogP contribution in [0.1, 0.15) is 12.2 Å². The summed E-state index contributed by atoms with van der Waals surface area (Å²) in [5, 5.41) is 33.9. The van der Waals surface area contributed by atoms with E-state index in [1.165, 1.54) is 6.08 Å². The quantitative estimate of drug-likeness (QED) is 0.381. The van der Waals surface area contributed by atoms with Crippen LogP contribution in [0.4, 0.5) is 5.69 Å². The zero-order valence-corrected chi connectivity index (χ0v) is 19.1. The van der Waals surface area contributed by atoms with Crippen molar-refractivity contribution in [1.82, 2.24) is 5.32 Å². The molecule has 0 bridgehead atoms. The predicted octanol–water partition coefficient (Wildman–Crippen LogP) is 2.70. The van der Waals surface area contributed by atoms with E-state index in [0.29, 0.717) is 24.5 Å². The maximum atomic E-state index is 12.5. The van der Waals surface area contributed by atoms with E-state index in [9.17, 15) is 20.3 Å². The normalized spacial score (nSPS) is 20.7. The third kappa shape index (κ3) is 5.13. The summed E-state index contributed by atoms with van der Waals surface area (Å²) in [7, 11) is 4.00. The minimum Gasteiger partial charge on any atom is -0.457 e. The van der Waals surface area contributed by atoms with E-state index in [1.807, 2.05) is 38.4 Å². The van der Waals surface area contributed by atoms with Crippen molar-refractivity contribution in [3.8, 4) is 17.4 Å². The standard InChI is InChI=1S/C26H27N3O5/c1-29(2)20-6-5-16-11-18(4-3-17(16)12-20)23-8-7-21(34-23)13-19(14-27)26(32)28-15-24-25(31)22(30)9-10-33-24/h3-8,11-13,22,24-25,30-31H,9-10,15H2,1-2H3,(H,28,32)/b19-13+/t22-,24-,25+/m1/s1. The molecular weight excluding hydrogens is 434 g/mol. The summed E-state index contributed by atoms with van der Waals surface area (Å²) in [5.74, 6) is 0.378. The summed E-state index contributed by atoms with van der Waals surface area (Å²) in [6.07, 6.45) is -1.01. The molecule has 176 valence electrons. The van der Waals surface area contributed by atoms with Crippen molar-refractivity contribution in [2.24, 2.45) is 0 Å². The minimum absolute atomic E-state index is 0.0217. The molecule has 0 aliphatic carbocycles. The number of rotatable bonds is 6. The van der Waals surface area contributed by atoms with Gasteiger partial charge in [0.25, 0.3) is 5.91 Å². The Bertz CT molecular complexity index is 1260. The van der Waals surface area contributed by atoms with E-state index >= 15 is 0 Å². The summed E-state index contributed by atoms with van der Waals surface area (Å²) in [4.78, 5) is 14.5. The largest absolute Gasteiger partial charge is 0.457 e. The van der Waals surface area contributed by atoms with Gasteiger partial charge in [0, 0.05) is 44.6 Å². The zero-order valence-electron chi connectivity index (χ0n) is 19.1. The average molecular weight is 462 g/mol. The Kier molecular flexibility index (Phi) is 6.98. The molecule has 1 aliphatic heterocycles. The first-order valence-corrected chi connectivity index (χ1v) is 11.0. The smallest absolute Gasteiger partial charge is 0.262 e. The van der Waals surface area contributed by atoms with Gasteiger partial charge >= 0.3 is 0 Å². The Hall–Kier alpha value is -3.64. The number of nitrogens with one attached hydrogen (secondary N) is 1. The van der Waals surface area contributed by atoms with Crippen LogP contribution in [0.2, 0.25) is 0 Å². The molecule has 3 atom stereocenters. The maximum Gasteiger partial charge on any atom is 0.262 e. The van der Waals surface area contributed by atoms with E-state index in [0.717, 1.165) is 22.0 Å². The van der Waals surface area contributed by atoms with Crippen molar-refractivity contribution in [1.29, 1.82) is 5.26 Å². The molecule has 1 aromatic heterocycles. The zero-order chi connectivity index (χ0) is 24.2. The number of aliphatic hydroxyl groups is 2. The van der Waals surface area contributed by atoms with E-state index < -0.39 is 24.2 Å². The van der Waals surface area contributed by atoms with Gasteiger partial charge in [0.15, 0.2) is 0 Å². The van der Waals surface area contributed by atoms with Crippen LogP contribution in [0, 0.1) is 11.3 Å². The molecule has 0 spiro atoms. The maximum absolute atomic E-state index is 12.5. The van der Waals surface area contributed by atoms with Crippen molar-refractivity contribution in [3.63, 3.8) is 0 Å². The van der Waals surface area contributed by atoms with E-state index in [-0.39, 0.29) is 12.1 Å². The fraction of sp³-hybridized carbons (Fsp3) is 0.308. The number of ether oxygens (including phenoxy) is 1. The molecule has 3 aromatic rings. The molecule has 2 heterocycles. The number of nitriles is 1. The van der Waals surface area contributed by atoms with Crippen molar-refractivity contribution in [3.05, 3.63) is 59.9 Å². The van der Waals surface area contributed by atoms with Gasteiger partial charge in [-0.2, -0.15) is 5.26 Å². The molecule has 0 unspecified atom stereocenters. The Morgan fingerprint density at radius 3 is 2.71 bits per heavy atom. The molecule has 1 saturated heterocycles.